The number of esters is 1. The number of nitrogens with one attached hydrogen (secondary N) is 4. The van der Waals surface area contributed by atoms with Crippen molar-refractivity contribution in [2.75, 3.05) is 13.7 Å². The summed E-state index contributed by atoms with van der Waals surface area (Å²) in [7, 11) is 1.22. The third-order valence-corrected chi connectivity index (χ3v) is 10.4. The van der Waals surface area contributed by atoms with E-state index in [2.05, 4.69) is 57.7 Å². The molecule has 4 amide bonds. The summed E-state index contributed by atoms with van der Waals surface area (Å²) < 4.78 is 4.97. The van der Waals surface area contributed by atoms with Gasteiger partial charge < -0.3 is 31.7 Å². The van der Waals surface area contributed by atoms with E-state index in [4.69, 9.17) is 22.7 Å². The summed E-state index contributed by atoms with van der Waals surface area (Å²) in [4.78, 5) is 66.3. The first-order chi connectivity index (χ1) is 28.6. The maximum atomic E-state index is 13.8. The second-order valence-electron chi connectivity index (χ2n) is 14.1. The first-order valence-electron chi connectivity index (χ1n) is 19.4. The monoisotopic (exact) mass is 811 g/mol. The van der Waals surface area contributed by atoms with Gasteiger partial charge in [-0.1, -0.05) is 164 Å². The van der Waals surface area contributed by atoms with Crippen LogP contribution in [0.3, 0.4) is 0 Å². The summed E-state index contributed by atoms with van der Waals surface area (Å²) in [6.07, 6.45) is 0.652. The van der Waals surface area contributed by atoms with Crippen LogP contribution in [0.15, 0.2) is 152 Å². The van der Waals surface area contributed by atoms with Gasteiger partial charge in [-0.15, -0.1) is 0 Å². The molecule has 0 spiro atoms. The van der Waals surface area contributed by atoms with Crippen LogP contribution in [-0.4, -0.2) is 66.4 Å². The van der Waals surface area contributed by atoms with Gasteiger partial charge in [0, 0.05) is 18.3 Å². The Morgan fingerprint density at radius 3 is 1.44 bits per heavy atom. The van der Waals surface area contributed by atoms with Crippen LogP contribution in [0.25, 0.3) is 0 Å². The fourth-order valence-electron chi connectivity index (χ4n) is 7.11. The van der Waals surface area contributed by atoms with Gasteiger partial charge in [-0.05, 0) is 40.7 Å². The van der Waals surface area contributed by atoms with Crippen molar-refractivity contribution in [1.29, 1.82) is 0 Å². The number of hydrogen-bond acceptors (Lipinski definition) is 7. The van der Waals surface area contributed by atoms with E-state index in [1.54, 1.807) is 24.3 Å². The first kappa shape index (κ1) is 43.5. The molecule has 6 N–H and O–H groups in total. The molecule has 0 saturated carbocycles. The van der Waals surface area contributed by atoms with Crippen molar-refractivity contribution in [2.45, 2.75) is 55.6 Å². The first-order valence-corrected chi connectivity index (χ1v) is 19.8. The van der Waals surface area contributed by atoms with E-state index in [0.717, 1.165) is 27.8 Å². The number of ether oxygens (including phenoxy) is 1. The Hall–Kier alpha value is -6.66. The van der Waals surface area contributed by atoms with Crippen molar-refractivity contribution in [2.24, 2.45) is 5.73 Å². The fraction of sp³-hybridized carbons (Fsp3) is 0.234. The highest BCUT2D eigenvalue weighted by Crippen LogP contribution is 2.43. The predicted octanol–water partition coefficient (Wildman–Crippen LogP) is 4.71. The van der Waals surface area contributed by atoms with Crippen molar-refractivity contribution >= 4 is 46.8 Å². The lowest BCUT2D eigenvalue weighted by Crippen LogP contribution is -2.57. The summed E-state index contributed by atoms with van der Waals surface area (Å²) in [5.74, 6) is -3.60. The van der Waals surface area contributed by atoms with Gasteiger partial charge in [0.1, 0.15) is 18.1 Å². The van der Waals surface area contributed by atoms with Crippen molar-refractivity contribution in [3.8, 4) is 0 Å². The number of benzene rings is 5. The van der Waals surface area contributed by atoms with E-state index in [9.17, 15) is 24.0 Å². The Balaban J connectivity index is 1.27. The molecule has 59 heavy (non-hydrogen) atoms. The quantitative estimate of drug-likeness (QED) is 0.0428. The number of amides is 4. The maximum absolute atomic E-state index is 13.8. The minimum atomic E-state index is -1.41. The number of methoxy groups -OCH3 is 1. The second kappa shape index (κ2) is 21.8. The molecule has 0 heterocycles. The zero-order valence-electron chi connectivity index (χ0n) is 32.8. The predicted molar refractivity (Wildman–Crippen MR) is 231 cm³/mol. The molecule has 0 aromatic heterocycles. The molecule has 12 heteroatoms. The topological polar surface area (TPSA) is 169 Å². The smallest absolute Gasteiger partial charge is 0.328 e. The van der Waals surface area contributed by atoms with Crippen molar-refractivity contribution < 1.29 is 28.7 Å². The minimum Gasteiger partial charge on any atom is -0.467 e. The lowest BCUT2D eigenvalue weighted by molar-refractivity contribution is -0.145. The fourth-order valence-corrected chi connectivity index (χ4v) is 7.29. The Kier molecular flexibility index (Phi) is 16.0. The third-order valence-electron chi connectivity index (χ3n) is 10.0. The SMILES string of the molecule is COC(=O)C(Cc1ccccc1)NC(=O)C(Cc1ccccc1)NC(=O)C(CC(N)=O)NC(=O)CNC(=S)CCC(c1ccccc1)(c1ccccc1)c1ccccc1. The molecule has 3 atom stereocenters. The normalized spacial score (nSPS) is 12.5. The van der Waals surface area contributed by atoms with Gasteiger partial charge in [-0.2, -0.15) is 0 Å². The van der Waals surface area contributed by atoms with Gasteiger partial charge in [0.25, 0.3) is 0 Å². The van der Waals surface area contributed by atoms with E-state index in [0.29, 0.717) is 17.8 Å². The van der Waals surface area contributed by atoms with Crippen LogP contribution >= 0.6 is 12.2 Å². The molecular weight excluding hydrogens is 763 g/mol. The molecule has 0 aliphatic heterocycles. The highest BCUT2D eigenvalue weighted by Gasteiger charge is 2.36. The Bertz CT molecular complexity index is 2060. The number of primary amides is 1. The number of carbonyl (C=O) groups is 5. The van der Waals surface area contributed by atoms with Crippen LogP contribution in [0, 0.1) is 0 Å². The second-order valence-corrected chi connectivity index (χ2v) is 14.6. The standard InChI is InChI=1S/C47H49N5O6S/c1-58-46(57)40(30-34-19-9-3-10-20-34)52-44(55)38(29-33-17-7-2-8-18-33)51-45(56)39(31-41(48)53)50-42(54)32-49-43(59)27-28-47(35-21-11-4-12-22-35,36-23-13-5-14-24-36)37-25-15-6-16-26-37/h2-26,38-40H,27-32H2,1H3,(H2,48,53)(H,49,59)(H,50,54)(H,51,56)(H,52,55). The van der Waals surface area contributed by atoms with Gasteiger partial charge in [0.05, 0.1) is 25.1 Å². The van der Waals surface area contributed by atoms with Crippen LogP contribution in [0.1, 0.15) is 47.1 Å². The molecule has 0 aliphatic carbocycles. The summed E-state index contributed by atoms with van der Waals surface area (Å²) >= 11 is 5.75. The Morgan fingerprint density at radius 1 is 0.593 bits per heavy atom. The van der Waals surface area contributed by atoms with Gasteiger partial charge in [0.15, 0.2) is 0 Å². The summed E-state index contributed by atoms with van der Waals surface area (Å²) in [5.41, 5.74) is 9.74. The van der Waals surface area contributed by atoms with E-state index in [1.807, 2.05) is 91.0 Å². The third kappa shape index (κ3) is 12.4. The number of carbonyl (C=O) groups excluding carboxylic acids is 5. The van der Waals surface area contributed by atoms with E-state index >= 15 is 0 Å². The molecule has 0 bridgehead atoms. The molecule has 11 nitrogen and oxygen atoms in total. The van der Waals surface area contributed by atoms with Crippen LogP contribution in [-0.2, 0) is 47.0 Å². The van der Waals surface area contributed by atoms with Crippen LogP contribution < -0.4 is 27.0 Å². The maximum Gasteiger partial charge on any atom is 0.328 e. The van der Waals surface area contributed by atoms with Gasteiger partial charge in [-0.25, -0.2) is 4.79 Å². The van der Waals surface area contributed by atoms with Crippen LogP contribution in [0.4, 0.5) is 0 Å². The molecular formula is C47H49N5O6S. The minimum absolute atomic E-state index is 0.0428. The molecule has 0 radical (unpaired) electrons. The molecule has 0 aliphatic rings. The molecule has 3 unspecified atom stereocenters. The average Bonchev–Trinajstić information content (AvgIpc) is 3.26. The van der Waals surface area contributed by atoms with Gasteiger partial charge >= 0.3 is 5.97 Å². The van der Waals surface area contributed by atoms with Crippen molar-refractivity contribution in [3.05, 3.63) is 179 Å². The average molecular weight is 812 g/mol. The summed E-state index contributed by atoms with van der Waals surface area (Å²) in [5, 5.41) is 11.0. The lowest BCUT2D eigenvalue weighted by atomic mass is 9.67. The van der Waals surface area contributed by atoms with E-state index < -0.39 is 59.6 Å². The molecule has 0 saturated heterocycles. The molecule has 0 fully saturated rings. The van der Waals surface area contributed by atoms with E-state index in [1.165, 1.54) is 7.11 Å². The van der Waals surface area contributed by atoms with Crippen molar-refractivity contribution in [3.63, 3.8) is 0 Å². The highest BCUT2D eigenvalue weighted by molar-refractivity contribution is 7.80. The number of thiocarbonyl (C=S) groups is 1. The zero-order valence-corrected chi connectivity index (χ0v) is 33.7. The number of nitrogens with two attached hydrogens (primary N) is 1. The van der Waals surface area contributed by atoms with Crippen molar-refractivity contribution in [1.82, 2.24) is 21.3 Å². The van der Waals surface area contributed by atoms with Crippen LogP contribution in [0.2, 0.25) is 0 Å². The van der Waals surface area contributed by atoms with E-state index in [-0.39, 0.29) is 19.4 Å². The Morgan fingerprint density at radius 2 is 1.00 bits per heavy atom. The molecule has 5 rings (SSSR count). The molecule has 304 valence electrons. The number of rotatable bonds is 20. The molecule has 5 aromatic carbocycles. The summed E-state index contributed by atoms with van der Waals surface area (Å²) in [6, 6.07) is 45.0. The van der Waals surface area contributed by atoms with Gasteiger partial charge in [-0.3, -0.25) is 19.2 Å². The lowest BCUT2D eigenvalue weighted by Gasteiger charge is -2.36. The zero-order chi connectivity index (χ0) is 42.0. The van der Waals surface area contributed by atoms with Gasteiger partial charge in [0.2, 0.25) is 23.6 Å². The highest BCUT2D eigenvalue weighted by atomic mass is 32.1. The molecule has 5 aromatic rings. The number of hydrogen-bond donors (Lipinski definition) is 5. The largest absolute Gasteiger partial charge is 0.467 e. The van der Waals surface area contributed by atoms with Crippen LogP contribution in [0.5, 0.6) is 0 Å². The summed E-state index contributed by atoms with van der Waals surface area (Å²) in [6.45, 7) is -0.287. The Labute approximate surface area is 350 Å².